The molecule has 144 valence electrons. The maximum Gasteiger partial charge on any atom is 0.418 e. The van der Waals surface area contributed by atoms with E-state index >= 15 is 0 Å². The number of rotatable bonds is 6. The fourth-order valence-corrected chi connectivity index (χ4v) is 2.61. The van der Waals surface area contributed by atoms with Crippen LogP contribution in [0.5, 0.6) is 0 Å². The summed E-state index contributed by atoms with van der Waals surface area (Å²) < 4.78 is 39.1. The van der Waals surface area contributed by atoms with Gasteiger partial charge < -0.3 is 10.2 Å². The number of benzene rings is 2. The molecule has 2 aromatic rings. The van der Waals surface area contributed by atoms with Crippen LogP contribution >= 0.6 is 11.6 Å². The third-order valence-electron chi connectivity index (χ3n) is 3.87. The molecule has 0 saturated heterocycles. The fourth-order valence-electron chi connectivity index (χ4n) is 2.44. The highest BCUT2D eigenvalue weighted by Gasteiger charge is 2.34. The lowest BCUT2D eigenvalue weighted by Crippen LogP contribution is -2.26. The van der Waals surface area contributed by atoms with E-state index in [-0.39, 0.29) is 35.9 Å². The van der Waals surface area contributed by atoms with Crippen LogP contribution in [0.15, 0.2) is 48.5 Å². The Balaban J connectivity index is 1.89. The van der Waals surface area contributed by atoms with E-state index in [4.69, 9.17) is 11.6 Å². The van der Waals surface area contributed by atoms with Gasteiger partial charge in [0.25, 0.3) is 0 Å². The zero-order chi connectivity index (χ0) is 20.0. The van der Waals surface area contributed by atoms with Crippen LogP contribution in [0.1, 0.15) is 24.8 Å². The zero-order valence-electron chi connectivity index (χ0n) is 14.5. The summed E-state index contributed by atoms with van der Waals surface area (Å²) in [7, 11) is 1.63. The van der Waals surface area contributed by atoms with Crippen molar-refractivity contribution in [3.05, 3.63) is 59.1 Å². The topological polar surface area (TPSA) is 49.4 Å². The number of nitrogens with zero attached hydrogens (tertiary/aromatic N) is 1. The number of amides is 2. The van der Waals surface area contributed by atoms with Crippen LogP contribution in [0.25, 0.3) is 0 Å². The Morgan fingerprint density at radius 1 is 1.07 bits per heavy atom. The molecule has 0 aliphatic carbocycles. The quantitative estimate of drug-likeness (QED) is 0.733. The molecule has 0 bridgehead atoms. The van der Waals surface area contributed by atoms with Gasteiger partial charge >= 0.3 is 6.18 Å². The molecule has 0 radical (unpaired) electrons. The first kappa shape index (κ1) is 20.8. The lowest BCUT2D eigenvalue weighted by molar-refractivity contribution is -0.137. The van der Waals surface area contributed by atoms with Crippen molar-refractivity contribution in [3.8, 4) is 0 Å². The van der Waals surface area contributed by atoms with Gasteiger partial charge in [-0.3, -0.25) is 9.59 Å². The van der Waals surface area contributed by atoms with E-state index in [0.29, 0.717) is 0 Å². The molecule has 0 aliphatic rings. The normalized spacial score (nSPS) is 11.1. The number of nitrogens with one attached hydrogen (secondary N) is 1. The highest BCUT2D eigenvalue weighted by Crippen LogP contribution is 2.36. The standard InChI is InChI=1S/C19H18ClF3N2O2/c1-25(14-6-3-2-4-7-14)18(27)9-5-8-17(26)24-16-11-10-13(20)12-15(16)19(21,22)23/h2-4,6-7,10-12H,5,8-9H2,1H3,(H,24,26). The summed E-state index contributed by atoms with van der Waals surface area (Å²) in [5.41, 5.74) is -0.643. The maximum absolute atomic E-state index is 13.0. The molecule has 1 N–H and O–H groups in total. The third-order valence-corrected chi connectivity index (χ3v) is 4.11. The van der Waals surface area contributed by atoms with Gasteiger partial charge in [0.15, 0.2) is 0 Å². The number of anilines is 2. The van der Waals surface area contributed by atoms with Crippen LogP contribution < -0.4 is 10.2 Å². The molecule has 2 rings (SSSR count). The van der Waals surface area contributed by atoms with Crippen LogP contribution in [0.2, 0.25) is 5.02 Å². The lowest BCUT2D eigenvalue weighted by Gasteiger charge is -2.17. The summed E-state index contributed by atoms with van der Waals surface area (Å²) in [6.07, 6.45) is -4.39. The molecule has 27 heavy (non-hydrogen) atoms. The smallest absolute Gasteiger partial charge is 0.326 e. The van der Waals surface area contributed by atoms with Crippen molar-refractivity contribution in [1.82, 2.24) is 0 Å². The van der Waals surface area contributed by atoms with Crippen molar-refractivity contribution >= 4 is 34.8 Å². The fraction of sp³-hybridized carbons (Fsp3) is 0.263. The molecule has 0 atom stereocenters. The van der Waals surface area contributed by atoms with E-state index in [1.54, 1.807) is 31.3 Å². The summed E-state index contributed by atoms with van der Waals surface area (Å²) in [6, 6.07) is 12.1. The van der Waals surface area contributed by atoms with Gasteiger partial charge in [0.1, 0.15) is 0 Å². The molecule has 0 saturated carbocycles. The Morgan fingerprint density at radius 3 is 2.37 bits per heavy atom. The van der Waals surface area contributed by atoms with Gasteiger partial charge in [0.05, 0.1) is 11.3 Å². The second kappa shape index (κ2) is 8.90. The molecule has 0 unspecified atom stereocenters. The summed E-state index contributed by atoms with van der Waals surface area (Å²) in [5, 5.41) is 2.16. The van der Waals surface area contributed by atoms with Crippen LogP contribution in [-0.4, -0.2) is 18.9 Å². The van der Waals surface area contributed by atoms with Crippen LogP contribution in [0.4, 0.5) is 24.5 Å². The van der Waals surface area contributed by atoms with Gasteiger partial charge in [-0.05, 0) is 36.8 Å². The molecule has 0 aliphatic heterocycles. The molecule has 2 amide bonds. The van der Waals surface area contributed by atoms with Crippen molar-refractivity contribution in [1.29, 1.82) is 0 Å². The highest BCUT2D eigenvalue weighted by atomic mass is 35.5. The van der Waals surface area contributed by atoms with E-state index in [9.17, 15) is 22.8 Å². The van der Waals surface area contributed by atoms with E-state index in [1.165, 1.54) is 11.0 Å². The minimum Gasteiger partial charge on any atom is -0.326 e. The minimum absolute atomic E-state index is 0.0742. The molecule has 2 aromatic carbocycles. The summed E-state index contributed by atoms with van der Waals surface area (Å²) in [5.74, 6) is -0.783. The largest absolute Gasteiger partial charge is 0.418 e. The number of carbonyl (C=O) groups excluding carboxylic acids is 2. The number of alkyl halides is 3. The minimum atomic E-state index is -4.64. The number of hydrogen-bond donors (Lipinski definition) is 1. The average Bonchev–Trinajstić information content (AvgIpc) is 2.62. The number of para-hydroxylation sites is 1. The second-order valence-corrected chi connectivity index (χ2v) is 6.31. The Labute approximate surface area is 159 Å². The molecule has 0 fully saturated rings. The second-order valence-electron chi connectivity index (χ2n) is 5.88. The first-order valence-electron chi connectivity index (χ1n) is 8.16. The molecule has 8 heteroatoms. The number of halogens is 4. The first-order chi connectivity index (χ1) is 12.7. The number of carbonyl (C=O) groups is 2. The summed E-state index contributed by atoms with van der Waals surface area (Å²) in [4.78, 5) is 25.6. The van der Waals surface area contributed by atoms with E-state index in [1.807, 2.05) is 6.07 Å². The molecule has 0 aromatic heterocycles. The van der Waals surface area contributed by atoms with Crippen LogP contribution in [0.3, 0.4) is 0 Å². The SMILES string of the molecule is CN(C(=O)CCCC(=O)Nc1ccc(Cl)cc1C(F)(F)F)c1ccccc1. The van der Waals surface area contributed by atoms with Gasteiger partial charge in [0.2, 0.25) is 11.8 Å². The predicted octanol–water partition coefficient (Wildman–Crippen LogP) is 5.13. The maximum atomic E-state index is 13.0. The van der Waals surface area contributed by atoms with E-state index in [2.05, 4.69) is 5.32 Å². The first-order valence-corrected chi connectivity index (χ1v) is 8.54. The van der Waals surface area contributed by atoms with E-state index in [0.717, 1.165) is 17.8 Å². The van der Waals surface area contributed by atoms with Crippen molar-refractivity contribution < 1.29 is 22.8 Å². The predicted molar refractivity (Wildman–Crippen MR) is 98.8 cm³/mol. The van der Waals surface area contributed by atoms with Gasteiger partial charge in [-0.25, -0.2) is 0 Å². The molecule has 0 heterocycles. The lowest BCUT2D eigenvalue weighted by atomic mass is 10.1. The molecular weight excluding hydrogens is 381 g/mol. The van der Waals surface area contributed by atoms with Gasteiger partial charge in [-0.1, -0.05) is 29.8 Å². The van der Waals surface area contributed by atoms with Gasteiger partial charge in [0, 0.05) is 30.6 Å². The average molecular weight is 399 g/mol. The van der Waals surface area contributed by atoms with Crippen molar-refractivity contribution in [2.24, 2.45) is 0 Å². The Morgan fingerprint density at radius 2 is 1.74 bits per heavy atom. The van der Waals surface area contributed by atoms with Crippen molar-refractivity contribution in [3.63, 3.8) is 0 Å². The molecule has 0 spiro atoms. The van der Waals surface area contributed by atoms with E-state index < -0.39 is 17.6 Å². The monoisotopic (exact) mass is 398 g/mol. The summed E-state index contributed by atoms with van der Waals surface area (Å²) >= 11 is 5.60. The van der Waals surface area contributed by atoms with Crippen LogP contribution in [0, 0.1) is 0 Å². The van der Waals surface area contributed by atoms with Crippen molar-refractivity contribution in [2.45, 2.75) is 25.4 Å². The Bertz CT molecular complexity index is 810. The Hall–Kier alpha value is -2.54. The highest BCUT2D eigenvalue weighted by molar-refractivity contribution is 6.30. The summed E-state index contributed by atoms with van der Waals surface area (Å²) in [6.45, 7) is 0. The van der Waals surface area contributed by atoms with Gasteiger partial charge in [-0.15, -0.1) is 0 Å². The van der Waals surface area contributed by atoms with Gasteiger partial charge in [-0.2, -0.15) is 13.2 Å². The Kier molecular flexibility index (Phi) is 6.85. The van der Waals surface area contributed by atoms with Crippen LogP contribution in [-0.2, 0) is 15.8 Å². The van der Waals surface area contributed by atoms with Crippen molar-refractivity contribution in [2.75, 3.05) is 17.3 Å². The third kappa shape index (κ3) is 5.99. The zero-order valence-corrected chi connectivity index (χ0v) is 15.3. The molecular formula is C19H18ClF3N2O2. The molecule has 4 nitrogen and oxygen atoms in total. The number of hydrogen-bond acceptors (Lipinski definition) is 2.